The Morgan fingerprint density at radius 3 is 2.71 bits per heavy atom. The third kappa shape index (κ3) is 2.59. The fraction of sp³-hybridized carbons (Fsp3) is 0.0526. The Kier molecular flexibility index (Phi) is 3.63. The van der Waals surface area contributed by atoms with Gasteiger partial charge in [0.2, 0.25) is 0 Å². The zero-order chi connectivity index (χ0) is 16.5. The minimum Gasteiger partial charge on any atom is -0.497 e. The molecule has 4 aromatic rings. The third-order valence-electron chi connectivity index (χ3n) is 3.74. The Balaban J connectivity index is 1.83. The van der Waals surface area contributed by atoms with Crippen LogP contribution in [0.25, 0.3) is 32.8 Å². The first-order valence-corrected chi connectivity index (χ1v) is 8.26. The van der Waals surface area contributed by atoms with Crippen LogP contribution >= 0.6 is 11.3 Å². The highest BCUT2D eigenvalue weighted by Crippen LogP contribution is 2.29. The second-order valence-corrected chi connectivity index (χ2v) is 6.11. The highest BCUT2D eigenvalue weighted by atomic mass is 32.1. The molecule has 5 heteroatoms. The lowest BCUT2D eigenvalue weighted by Crippen LogP contribution is -2.02. The maximum absolute atomic E-state index is 12.3. The minimum atomic E-state index is -0.391. The Morgan fingerprint density at radius 1 is 1.08 bits per heavy atom. The summed E-state index contributed by atoms with van der Waals surface area (Å²) in [6.07, 6.45) is 0. The molecule has 2 aromatic heterocycles. The molecule has 0 amide bonds. The van der Waals surface area contributed by atoms with Crippen molar-refractivity contribution >= 4 is 22.3 Å². The number of hydrogen-bond acceptors (Lipinski definition) is 5. The number of nitrogens with zero attached hydrogens (tertiary/aromatic N) is 1. The van der Waals surface area contributed by atoms with E-state index in [9.17, 15) is 4.79 Å². The first-order valence-electron chi connectivity index (χ1n) is 7.38. The van der Waals surface area contributed by atoms with Gasteiger partial charge in [0.25, 0.3) is 0 Å². The van der Waals surface area contributed by atoms with E-state index in [2.05, 4.69) is 4.98 Å². The van der Waals surface area contributed by atoms with Gasteiger partial charge in [-0.05, 0) is 24.3 Å². The second kappa shape index (κ2) is 5.94. The van der Waals surface area contributed by atoms with E-state index >= 15 is 0 Å². The molecule has 0 spiro atoms. The van der Waals surface area contributed by atoms with Crippen LogP contribution in [0.1, 0.15) is 0 Å². The molecule has 0 radical (unpaired) electrons. The molecule has 0 aliphatic carbocycles. The van der Waals surface area contributed by atoms with Crippen LogP contribution in [0, 0.1) is 0 Å². The maximum Gasteiger partial charge on any atom is 0.345 e. The average Bonchev–Trinajstić information content (AvgIpc) is 3.11. The predicted octanol–water partition coefficient (Wildman–Crippen LogP) is 4.59. The van der Waals surface area contributed by atoms with Crippen LogP contribution in [0.2, 0.25) is 0 Å². The molecule has 0 saturated carbocycles. The summed E-state index contributed by atoms with van der Waals surface area (Å²) in [6.45, 7) is 0. The van der Waals surface area contributed by atoms with Crippen molar-refractivity contribution in [3.05, 3.63) is 70.4 Å². The van der Waals surface area contributed by atoms with E-state index in [-0.39, 0.29) is 0 Å². The molecule has 0 atom stereocenters. The SMILES string of the molecule is COc1ccc2oc(=O)c(-c3csc(-c4ccccc4)n3)cc2c1. The lowest BCUT2D eigenvalue weighted by Gasteiger charge is -2.03. The van der Waals surface area contributed by atoms with Crippen LogP contribution < -0.4 is 10.4 Å². The molecule has 2 heterocycles. The van der Waals surface area contributed by atoms with E-state index < -0.39 is 5.63 Å². The van der Waals surface area contributed by atoms with E-state index in [1.54, 1.807) is 25.3 Å². The first-order chi connectivity index (χ1) is 11.7. The summed E-state index contributed by atoms with van der Waals surface area (Å²) >= 11 is 1.50. The number of methoxy groups -OCH3 is 1. The summed E-state index contributed by atoms with van der Waals surface area (Å²) in [5.41, 5.74) is 2.24. The Hall–Kier alpha value is -2.92. The van der Waals surface area contributed by atoms with Crippen molar-refractivity contribution < 1.29 is 9.15 Å². The molecule has 2 aromatic carbocycles. The van der Waals surface area contributed by atoms with Gasteiger partial charge in [-0.25, -0.2) is 9.78 Å². The number of thiazole rings is 1. The maximum atomic E-state index is 12.3. The Bertz CT molecular complexity index is 1070. The fourth-order valence-electron chi connectivity index (χ4n) is 2.52. The number of benzene rings is 2. The minimum absolute atomic E-state index is 0.391. The summed E-state index contributed by atoms with van der Waals surface area (Å²) in [6, 6.07) is 17.0. The summed E-state index contributed by atoms with van der Waals surface area (Å²) in [5, 5.41) is 3.55. The summed E-state index contributed by atoms with van der Waals surface area (Å²) in [5.74, 6) is 0.713. The molecule has 4 nitrogen and oxygen atoms in total. The predicted molar refractivity (Wildman–Crippen MR) is 95.6 cm³/mol. The molecule has 0 fully saturated rings. The largest absolute Gasteiger partial charge is 0.497 e. The van der Waals surface area contributed by atoms with Gasteiger partial charge in [0.15, 0.2) is 0 Å². The smallest absolute Gasteiger partial charge is 0.345 e. The number of ether oxygens (including phenoxy) is 1. The van der Waals surface area contributed by atoms with E-state index in [0.29, 0.717) is 22.6 Å². The molecule has 0 saturated heterocycles. The molecule has 24 heavy (non-hydrogen) atoms. The van der Waals surface area contributed by atoms with E-state index in [4.69, 9.17) is 9.15 Å². The van der Waals surface area contributed by atoms with Gasteiger partial charge < -0.3 is 9.15 Å². The molecule has 4 rings (SSSR count). The summed E-state index contributed by atoms with van der Waals surface area (Å²) in [4.78, 5) is 16.9. The van der Waals surface area contributed by atoms with Crippen LogP contribution in [0.3, 0.4) is 0 Å². The quantitative estimate of drug-likeness (QED) is 0.514. The van der Waals surface area contributed by atoms with Gasteiger partial charge in [0.1, 0.15) is 16.3 Å². The van der Waals surface area contributed by atoms with Crippen molar-refractivity contribution in [2.24, 2.45) is 0 Å². The first kappa shape index (κ1) is 14.7. The molecule has 0 bridgehead atoms. The van der Waals surface area contributed by atoms with Crippen LogP contribution in [0.5, 0.6) is 5.75 Å². The van der Waals surface area contributed by atoms with Gasteiger partial charge in [-0.1, -0.05) is 30.3 Å². The van der Waals surface area contributed by atoms with Crippen molar-refractivity contribution in [1.82, 2.24) is 4.98 Å². The van der Waals surface area contributed by atoms with E-state index in [1.807, 2.05) is 41.8 Å². The van der Waals surface area contributed by atoms with Gasteiger partial charge in [0, 0.05) is 16.3 Å². The zero-order valence-electron chi connectivity index (χ0n) is 12.9. The van der Waals surface area contributed by atoms with Crippen LogP contribution in [0.4, 0.5) is 0 Å². The lowest BCUT2D eigenvalue weighted by molar-refractivity contribution is 0.415. The molecular formula is C19H13NO3S. The summed E-state index contributed by atoms with van der Waals surface area (Å²) in [7, 11) is 1.60. The highest BCUT2D eigenvalue weighted by Gasteiger charge is 2.12. The van der Waals surface area contributed by atoms with Gasteiger partial charge in [-0.15, -0.1) is 11.3 Å². The average molecular weight is 335 g/mol. The number of rotatable bonds is 3. The monoisotopic (exact) mass is 335 g/mol. The topological polar surface area (TPSA) is 52.3 Å². The van der Waals surface area contributed by atoms with Crippen molar-refractivity contribution in [3.63, 3.8) is 0 Å². The van der Waals surface area contributed by atoms with Gasteiger partial charge in [0.05, 0.1) is 18.4 Å². The zero-order valence-corrected chi connectivity index (χ0v) is 13.7. The molecule has 0 aliphatic heterocycles. The Labute approximate surface area is 142 Å². The van der Waals surface area contributed by atoms with E-state index in [0.717, 1.165) is 16.0 Å². The van der Waals surface area contributed by atoms with Crippen LogP contribution in [-0.2, 0) is 0 Å². The Morgan fingerprint density at radius 2 is 1.92 bits per heavy atom. The van der Waals surface area contributed by atoms with Crippen LogP contribution in [-0.4, -0.2) is 12.1 Å². The van der Waals surface area contributed by atoms with Crippen molar-refractivity contribution in [2.75, 3.05) is 7.11 Å². The second-order valence-electron chi connectivity index (χ2n) is 5.26. The third-order valence-corrected chi connectivity index (χ3v) is 4.63. The van der Waals surface area contributed by atoms with Gasteiger partial charge in [-0.2, -0.15) is 0 Å². The lowest BCUT2D eigenvalue weighted by atomic mass is 10.1. The number of fused-ring (bicyclic) bond motifs is 1. The molecule has 0 N–H and O–H groups in total. The molecule has 118 valence electrons. The van der Waals surface area contributed by atoms with Crippen molar-refractivity contribution in [2.45, 2.75) is 0 Å². The highest BCUT2D eigenvalue weighted by molar-refractivity contribution is 7.13. The standard InChI is InChI=1S/C19H13NO3S/c1-22-14-7-8-17-13(9-14)10-15(19(21)23-17)16-11-24-18(20-16)12-5-3-2-4-6-12/h2-11H,1H3. The molecular weight excluding hydrogens is 322 g/mol. The van der Waals surface area contributed by atoms with Gasteiger partial charge >= 0.3 is 5.63 Å². The molecule has 0 unspecified atom stereocenters. The van der Waals surface area contributed by atoms with Crippen molar-refractivity contribution in [1.29, 1.82) is 0 Å². The summed E-state index contributed by atoms with van der Waals surface area (Å²) < 4.78 is 10.6. The van der Waals surface area contributed by atoms with Gasteiger partial charge in [-0.3, -0.25) is 0 Å². The van der Waals surface area contributed by atoms with Crippen LogP contribution in [0.15, 0.2) is 69.2 Å². The number of hydrogen-bond donors (Lipinski definition) is 0. The van der Waals surface area contributed by atoms with E-state index in [1.165, 1.54) is 11.3 Å². The van der Waals surface area contributed by atoms with Crippen molar-refractivity contribution in [3.8, 4) is 27.6 Å². The molecule has 0 aliphatic rings. The number of aromatic nitrogens is 1. The fourth-order valence-corrected chi connectivity index (χ4v) is 3.34. The normalized spacial score (nSPS) is 10.9.